The number of carbonyl (C=O) groups excluding carboxylic acids is 1. The first kappa shape index (κ1) is 14.9. The van der Waals surface area contributed by atoms with E-state index in [4.69, 9.17) is 4.74 Å². The molecule has 0 saturated carbocycles. The highest BCUT2D eigenvalue weighted by atomic mass is 16.5. The highest BCUT2D eigenvalue weighted by Gasteiger charge is 2.21. The number of benzene rings is 1. The topological polar surface area (TPSA) is 50.4 Å². The monoisotopic (exact) mass is 276 g/mol. The minimum atomic E-state index is -0.0148. The molecule has 0 spiro atoms. The van der Waals surface area contributed by atoms with Crippen molar-refractivity contribution in [2.75, 3.05) is 13.2 Å². The van der Waals surface area contributed by atoms with E-state index in [0.717, 1.165) is 50.1 Å². The van der Waals surface area contributed by atoms with Gasteiger partial charge in [0.25, 0.3) is 0 Å². The van der Waals surface area contributed by atoms with E-state index in [9.17, 15) is 4.79 Å². The van der Waals surface area contributed by atoms with E-state index in [-0.39, 0.29) is 11.9 Å². The Kier molecular flexibility index (Phi) is 5.87. The molecule has 1 aliphatic heterocycles. The van der Waals surface area contributed by atoms with Crippen molar-refractivity contribution in [1.29, 1.82) is 0 Å². The Bertz CT molecular complexity index is 428. The van der Waals surface area contributed by atoms with E-state index in [1.165, 1.54) is 0 Å². The fraction of sp³-hybridized carbons (Fsp3) is 0.562. The van der Waals surface area contributed by atoms with Crippen molar-refractivity contribution < 1.29 is 9.53 Å². The lowest BCUT2D eigenvalue weighted by atomic mass is 10.2. The summed E-state index contributed by atoms with van der Waals surface area (Å²) in [6, 6.07) is 7.92. The summed E-state index contributed by atoms with van der Waals surface area (Å²) in [7, 11) is 0. The van der Waals surface area contributed by atoms with Gasteiger partial charge in [0, 0.05) is 6.54 Å². The summed E-state index contributed by atoms with van der Waals surface area (Å²) in [5.41, 5.74) is 1.07. The third-order valence-corrected chi connectivity index (χ3v) is 3.51. The standard InChI is InChI=1S/C16H24N2O2/c1-2-3-10-20-14-7-4-6-13(11-14)12-18-16(19)15-8-5-9-17-15/h4,6-7,11,15,17H,2-3,5,8-10,12H2,1H3,(H,18,19). The van der Waals surface area contributed by atoms with Crippen LogP contribution in [0.4, 0.5) is 0 Å². The molecule has 1 unspecified atom stereocenters. The van der Waals surface area contributed by atoms with Crippen molar-refractivity contribution in [2.45, 2.75) is 45.2 Å². The van der Waals surface area contributed by atoms with Gasteiger partial charge in [0.1, 0.15) is 5.75 Å². The van der Waals surface area contributed by atoms with E-state index in [0.29, 0.717) is 6.54 Å². The van der Waals surface area contributed by atoms with Crippen LogP contribution < -0.4 is 15.4 Å². The summed E-state index contributed by atoms with van der Waals surface area (Å²) >= 11 is 0. The third-order valence-electron chi connectivity index (χ3n) is 3.51. The van der Waals surface area contributed by atoms with Crippen LogP contribution in [0.2, 0.25) is 0 Å². The number of nitrogens with one attached hydrogen (secondary N) is 2. The molecular weight excluding hydrogens is 252 g/mol. The highest BCUT2D eigenvalue weighted by Crippen LogP contribution is 2.14. The van der Waals surface area contributed by atoms with Gasteiger partial charge in [0.05, 0.1) is 12.6 Å². The van der Waals surface area contributed by atoms with Gasteiger partial charge >= 0.3 is 0 Å². The van der Waals surface area contributed by atoms with Gasteiger partial charge < -0.3 is 15.4 Å². The molecule has 2 N–H and O–H groups in total. The van der Waals surface area contributed by atoms with Gasteiger partial charge in [-0.3, -0.25) is 4.79 Å². The first-order valence-electron chi connectivity index (χ1n) is 7.52. The predicted molar refractivity (Wildman–Crippen MR) is 79.7 cm³/mol. The molecule has 1 aliphatic rings. The molecule has 1 atom stereocenters. The summed E-state index contributed by atoms with van der Waals surface area (Å²) in [5, 5.41) is 6.18. The molecule has 1 fully saturated rings. The molecule has 110 valence electrons. The van der Waals surface area contributed by atoms with Crippen LogP contribution in [-0.4, -0.2) is 25.1 Å². The first-order valence-corrected chi connectivity index (χ1v) is 7.52. The van der Waals surface area contributed by atoms with Gasteiger partial charge in [-0.15, -0.1) is 0 Å². The van der Waals surface area contributed by atoms with Crippen LogP contribution in [0.5, 0.6) is 5.75 Å². The Hall–Kier alpha value is -1.55. The van der Waals surface area contributed by atoms with Crippen LogP contribution in [0.3, 0.4) is 0 Å². The second kappa shape index (κ2) is 7.90. The minimum Gasteiger partial charge on any atom is -0.494 e. The lowest BCUT2D eigenvalue weighted by Gasteiger charge is -2.12. The Balaban J connectivity index is 1.79. The number of hydrogen-bond donors (Lipinski definition) is 2. The van der Waals surface area contributed by atoms with Crippen LogP contribution in [0.1, 0.15) is 38.2 Å². The quantitative estimate of drug-likeness (QED) is 0.751. The first-order chi connectivity index (χ1) is 9.79. The van der Waals surface area contributed by atoms with Gasteiger partial charge in [0.15, 0.2) is 0 Å². The molecule has 1 saturated heterocycles. The van der Waals surface area contributed by atoms with Crippen LogP contribution >= 0.6 is 0 Å². The third kappa shape index (κ3) is 4.53. The zero-order chi connectivity index (χ0) is 14.2. The van der Waals surface area contributed by atoms with Gasteiger partial charge in [-0.05, 0) is 43.5 Å². The molecule has 1 aromatic carbocycles. The predicted octanol–water partition coefficient (Wildman–Crippen LogP) is 2.23. The summed E-state index contributed by atoms with van der Waals surface area (Å²) in [5.74, 6) is 0.976. The Morgan fingerprint density at radius 2 is 2.40 bits per heavy atom. The lowest BCUT2D eigenvalue weighted by Crippen LogP contribution is -2.39. The maximum absolute atomic E-state index is 11.9. The number of hydrogen-bond acceptors (Lipinski definition) is 3. The van der Waals surface area contributed by atoms with Gasteiger partial charge in [0.2, 0.25) is 5.91 Å². The smallest absolute Gasteiger partial charge is 0.237 e. The number of amides is 1. The van der Waals surface area contributed by atoms with E-state index in [2.05, 4.69) is 17.6 Å². The zero-order valence-electron chi connectivity index (χ0n) is 12.2. The maximum Gasteiger partial charge on any atom is 0.237 e. The number of ether oxygens (including phenoxy) is 1. The van der Waals surface area contributed by atoms with Gasteiger partial charge in [-0.2, -0.15) is 0 Å². The van der Waals surface area contributed by atoms with Crippen LogP contribution in [0, 0.1) is 0 Å². The van der Waals surface area contributed by atoms with Crippen molar-refractivity contribution in [3.8, 4) is 5.75 Å². The molecule has 2 rings (SSSR count). The van der Waals surface area contributed by atoms with Crippen molar-refractivity contribution in [1.82, 2.24) is 10.6 Å². The normalized spacial score (nSPS) is 17.9. The zero-order valence-corrected chi connectivity index (χ0v) is 12.2. The molecule has 4 heteroatoms. The highest BCUT2D eigenvalue weighted by molar-refractivity contribution is 5.81. The molecule has 20 heavy (non-hydrogen) atoms. The van der Waals surface area contributed by atoms with Crippen molar-refractivity contribution >= 4 is 5.91 Å². The number of carbonyl (C=O) groups is 1. The van der Waals surface area contributed by atoms with Crippen molar-refractivity contribution in [3.63, 3.8) is 0 Å². The molecule has 0 radical (unpaired) electrons. The number of unbranched alkanes of at least 4 members (excludes halogenated alkanes) is 1. The SMILES string of the molecule is CCCCOc1cccc(CNC(=O)C2CCCN2)c1. The van der Waals surface area contributed by atoms with Crippen molar-refractivity contribution in [3.05, 3.63) is 29.8 Å². The summed E-state index contributed by atoms with van der Waals surface area (Å²) in [6.45, 7) is 4.39. The van der Waals surface area contributed by atoms with Crippen molar-refractivity contribution in [2.24, 2.45) is 0 Å². The molecule has 4 nitrogen and oxygen atoms in total. The fourth-order valence-corrected chi connectivity index (χ4v) is 2.30. The Morgan fingerprint density at radius 3 is 3.15 bits per heavy atom. The Labute approximate surface area is 120 Å². The number of rotatable bonds is 7. The molecule has 1 aromatic rings. The van der Waals surface area contributed by atoms with Crippen LogP contribution in [0.15, 0.2) is 24.3 Å². The van der Waals surface area contributed by atoms with Gasteiger partial charge in [-0.1, -0.05) is 25.5 Å². The van der Waals surface area contributed by atoms with E-state index in [1.54, 1.807) is 0 Å². The van der Waals surface area contributed by atoms with Crippen LogP contribution in [-0.2, 0) is 11.3 Å². The summed E-state index contributed by atoms with van der Waals surface area (Å²) in [4.78, 5) is 11.9. The van der Waals surface area contributed by atoms with Gasteiger partial charge in [-0.25, -0.2) is 0 Å². The Morgan fingerprint density at radius 1 is 1.50 bits per heavy atom. The molecule has 1 amide bonds. The molecule has 0 aliphatic carbocycles. The molecular formula is C16H24N2O2. The largest absolute Gasteiger partial charge is 0.494 e. The second-order valence-corrected chi connectivity index (χ2v) is 5.22. The minimum absolute atomic E-state index is 0.0148. The average Bonchev–Trinajstić information content (AvgIpc) is 3.00. The molecule has 1 heterocycles. The van der Waals surface area contributed by atoms with E-state index < -0.39 is 0 Å². The maximum atomic E-state index is 11.9. The second-order valence-electron chi connectivity index (χ2n) is 5.22. The lowest BCUT2D eigenvalue weighted by molar-refractivity contribution is -0.122. The average molecular weight is 276 g/mol. The molecule has 0 bridgehead atoms. The van der Waals surface area contributed by atoms with Crippen LogP contribution in [0.25, 0.3) is 0 Å². The van der Waals surface area contributed by atoms with E-state index >= 15 is 0 Å². The van der Waals surface area contributed by atoms with E-state index in [1.807, 2.05) is 24.3 Å². The fourth-order valence-electron chi connectivity index (χ4n) is 2.30. The molecule has 0 aromatic heterocycles. The summed E-state index contributed by atoms with van der Waals surface area (Å²) in [6.07, 6.45) is 4.21. The summed E-state index contributed by atoms with van der Waals surface area (Å²) < 4.78 is 5.67.